The first-order chi connectivity index (χ1) is 18.2. The number of aliphatic hydroxyl groups excluding tert-OH is 1. The van der Waals surface area contributed by atoms with Gasteiger partial charge in [-0.3, -0.25) is 14.5 Å². The quantitative estimate of drug-likeness (QED) is 0.233. The largest absolute Gasteiger partial charge is 0.507 e. The van der Waals surface area contributed by atoms with Crippen LogP contribution in [0.15, 0.2) is 66.2 Å². The summed E-state index contributed by atoms with van der Waals surface area (Å²) in [6.45, 7) is 9.78. The molecule has 4 rings (SSSR count). The molecule has 38 heavy (non-hydrogen) atoms. The molecule has 198 valence electrons. The van der Waals surface area contributed by atoms with Gasteiger partial charge in [0, 0.05) is 30.5 Å². The Morgan fingerprint density at radius 1 is 0.921 bits per heavy atom. The molecule has 1 saturated heterocycles. The van der Waals surface area contributed by atoms with Crippen LogP contribution in [0.4, 0.5) is 11.4 Å². The molecule has 1 unspecified atom stereocenters. The summed E-state index contributed by atoms with van der Waals surface area (Å²) in [5.74, 6) is -0.872. The molecule has 1 N–H and O–H groups in total. The molecule has 3 aromatic carbocycles. The van der Waals surface area contributed by atoms with E-state index in [4.69, 9.17) is 9.47 Å². The third-order valence-corrected chi connectivity index (χ3v) is 7.06. The molecule has 0 radical (unpaired) electrons. The van der Waals surface area contributed by atoms with E-state index >= 15 is 0 Å². The lowest BCUT2D eigenvalue weighted by Crippen LogP contribution is -2.30. The SMILES string of the molecule is CCN(CC)c1ccc(C2/C(=C(/O)c3ccc(OC)cc3OC)C(=O)C(=O)N2c2ccc(C)cc2C)cc1. The highest BCUT2D eigenvalue weighted by molar-refractivity contribution is 6.51. The fraction of sp³-hybridized carbons (Fsp3) is 0.290. The van der Waals surface area contributed by atoms with Gasteiger partial charge in [0.05, 0.1) is 31.4 Å². The number of carbonyl (C=O) groups excluding carboxylic acids is 2. The van der Waals surface area contributed by atoms with Gasteiger partial charge in [-0.15, -0.1) is 0 Å². The number of anilines is 2. The fourth-order valence-corrected chi connectivity index (χ4v) is 5.07. The molecule has 7 heteroatoms. The number of carbonyl (C=O) groups is 2. The van der Waals surface area contributed by atoms with E-state index in [9.17, 15) is 14.7 Å². The van der Waals surface area contributed by atoms with Crippen LogP contribution < -0.4 is 19.3 Å². The van der Waals surface area contributed by atoms with Gasteiger partial charge in [0.2, 0.25) is 0 Å². The summed E-state index contributed by atoms with van der Waals surface area (Å²) in [7, 11) is 3.01. The van der Waals surface area contributed by atoms with Gasteiger partial charge in [-0.05, 0) is 69.2 Å². The van der Waals surface area contributed by atoms with Gasteiger partial charge in [0.15, 0.2) is 0 Å². The topological polar surface area (TPSA) is 79.3 Å². The van der Waals surface area contributed by atoms with E-state index in [1.165, 1.54) is 19.1 Å². The zero-order chi connectivity index (χ0) is 27.6. The van der Waals surface area contributed by atoms with E-state index in [0.717, 1.165) is 29.9 Å². The highest BCUT2D eigenvalue weighted by Gasteiger charge is 2.47. The lowest BCUT2D eigenvalue weighted by atomic mass is 9.94. The zero-order valence-corrected chi connectivity index (χ0v) is 22.7. The number of hydrogen-bond donors (Lipinski definition) is 1. The Kier molecular flexibility index (Phi) is 7.76. The van der Waals surface area contributed by atoms with Crippen molar-refractivity contribution in [1.82, 2.24) is 0 Å². The second kappa shape index (κ2) is 11.0. The minimum absolute atomic E-state index is 0.00836. The smallest absolute Gasteiger partial charge is 0.300 e. The number of methoxy groups -OCH3 is 2. The number of ketones is 1. The number of aryl methyl sites for hydroxylation is 2. The number of Topliss-reactive ketones (excluding diaryl/α,β-unsaturated/α-hetero) is 1. The van der Waals surface area contributed by atoms with Crippen molar-refractivity contribution in [2.24, 2.45) is 0 Å². The highest BCUT2D eigenvalue weighted by atomic mass is 16.5. The van der Waals surface area contributed by atoms with Crippen LogP contribution in [0.25, 0.3) is 5.76 Å². The highest BCUT2D eigenvalue weighted by Crippen LogP contribution is 2.44. The van der Waals surface area contributed by atoms with Gasteiger partial charge in [-0.2, -0.15) is 0 Å². The number of rotatable bonds is 8. The minimum atomic E-state index is -0.825. The van der Waals surface area contributed by atoms with Gasteiger partial charge >= 0.3 is 0 Å². The number of ether oxygens (including phenoxy) is 2. The monoisotopic (exact) mass is 514 g/mol. The molecule has 1 aliphatic rings. The lowest BCUT2D eigenvalue weighted by molar-refractivity contribution is -0.132. The molecule has 0 aliphatic carbocycles. The van der Waals surface area contributed by atoms with Gasteiger partial charge < -0.3 is 19.5 Å². The maximum absolute atomic E-state index is 13.6. The Morgan fingerprint density at radius 2 is 1.61 bits per heavy atom. The molecular weight excluding hydrogens is 480 g/mol. The first kappa shape index (κ1) is 26.8. The van der Waals surface area contributed by atoms with Gasteiger partial charge in [-0.1, -0.05) is 29.8 Å². The van der Waals surface area contributed by atoms with Crippen molar-refractivity contribution in [2.45, 2.75) is 33.7 Å². The summed E-state index contributed by atoms with van der Waals surface area (Å²) in [5, 5.41) is 11.6. The third-order valence-electron chi connectivity index (χ3n) is 7.06. The molecule has 0 spiro atoms. The molecule has 0 saturated carbocycles. The van der Waals surface area contributed by atoms with E-state index in [2.05, 4.69) is 18.7 Å². The Bertz CT molecular complexity index is 1390. The minimum Gasteiger partial charge on any atom is -0.507 e. The molecule has 0 aromatic heterocycles. The number of benzene rings is 3. The van der Waals surface area contributed by atoms with Crippen molar-refractivity contribution < 1.29 is 24.2 Å². The standard InChI is InChI=1S/C31H34N2O5/c1-7-32(8-2)22-12-10-21(11-13-22)28-27(29(34)24-15-14-23(37-5)18-26(24)38-6)30(35)31(36)33(28)25-16-9-19(3)17-20(25)4/h9-18,28,34H,7-8H2,1-6H3/b29-27-. The molecule has 7 nitrogen and oxygen atoms in total. The Labute approximate surface area is 223 Å². The Hall–Kier alpha value is -4.26. The summed E-state index contributed by atoms with van der Waals surface area (Å²) >= 11 is 0. The predicted molar refractivity (Wildman–Crippen MR) is 150 cm³/mol. The second-order valence-electron chi connectivity index (χ2n) is 9.29. The van der Waals surface area contributed by atoms with Gasteiger partial charge in [-0.25, -0.2) is 0 Å². The number of nitrogens with zero attached hydrogens (tertiary/aromatic N) is 2. The van der Waals surface area contributed by atoms with E-state index < -0.39 is 17.7 Å². The molecule has 1 fully saturated rings. The Balaban J connectivity index is 1.95. The van der Waals surface area contributed by atoms with Crippen LogP contribution in [-0.2, 0) is 9.59 Å². The van der Waals surface area contributed by atoms with Crippen LogP contribution in [0.5, 0.6) is 11.5 Å². The summed E-state index contributed by atoms with van der Waals surface area (Å²) in [6, 6.07) is 17.6. The average molecular weight is 515 g/mol. The van der Waals surface area contributed by atoms with E-state index in [0.29, 0.717) is 28.3 Å². The van der Waals surface area contributed by atoms with Crippen molar-refractivity contribution in [2.75, 3.05) is 37.1 Å². The Morgan fingerprint density at radius 3 is 2.18 bits per heavy atom. The summed E-state index contributed by atoms with van der Waals surface area (Å²) in [5.41, 5.74) is 4.60. The zero-order valence-electron chi connectivity index (χ0n) is 22.7. The van der Waals surface area contributed by atoms with Gasteiger partial charge in [0.1, 0.15) is 17.3 Å². The third kappa shape index (κ3) is 4.72. The van der Waals surface area contributed by atoms with Crippen LogP contribution in [0.1, 0.15) is 42.1 Å². The van der Waals surface area contributed by atoms with Crippen LogP contribution in [-0.4, -0.2) is 44.1 Å². The van der Waals surface area contributed by atoms with Gasteiger partial charge in [0.25, 0.3) is 11.7 Å². The maximum atomic E-state index is 13.6. The molecule has 1 amide bonds. The van der Waals surface area contributed by atoms with E-state index in [-0.39, 0.29) is 11.3 Å². The molecule has 1 atom stereocenters. The molecule has 1 heterocycles. The molecular formula is C31H34N2O5. The average Bonchev–Trinajstić information content (AvgIpc) is 3.19. The maximum Gasteiger partial charge on any atom is 0.300 e. The predicted octanol–water partition coefficient (Wildman–Crippen LogP) is 5.79. The summed E-state index contributed by atoms with van der Waals surface area (Å²) < 4.78 is 10.8. The summed E-state index contributed by atoms with van der Waals surface area (Å²) in [6.07, 6.45) is 0. The summed E-state index contributed by atoms with van der Waals surface area (Å²) in [4.78, 5) is 30.8. The van der Waals surface area contributed by atoms with E-state index in [1.54, 1.807) is 18.2 Å². The first-order valence-electron chi connectivity index (χ1n) is 12.7. The van der Waals surface area contributed by atoms with Crippen molar-refractivity contribution in [3.8, 4) is 11.5 Å². The second-order valence-corrected chi connectivity index (χ2v) is 9.29. The molecule has 0 bridgehead atoms. The lowest BCUT2D eigenvalue weighted by Gasteiger charge is -2.28. The first-order valence-corrected chi connectivity index (χ1v) is 12.7. The van der Waals surface area contributed by atoms with Crippen molar-refractivity contribution >= 4 is 28.8 Å². The number of aliphatic hydroxyl groups is 1. The number of amides is 1. The molecule has 1 aliphatic heterocycles. The normalized spacial score (nSPS) is 16.6. The van der Waals surface area contributed by atoms with Crippen LogP contribution in [0.3, 0.4) is 0 Å². The van der Waals surface area contributed by atoms with E-state index in [1.807, 2.05) is 56.3 Å². The molecule has 3 aromatic rings. The van der Waals surface area contributed by atoms with Crippen LogP contribution in [0, 0.1) is 13.8 Å². The number of hydrogen-bond acceptors (Lipinski definition) is 6. The van der Waals surface area contributed by atoms with Crippen LogP contribution >= 0.6 is 0 Å². The fourth-order valence-electron chi connectivity index (χ4n) is 5.07. The van der Waals surface area contributed by atoms with Crippen LogP contribution in [0.2, 0.25) is 0 Å². The van der Waals surface area contributed by atoms with Crippen molar-refractivity contribution in [3.05, 3.63) is 88.5 Å². The van der Waals surface area contributed by atoms with Crippen molar-refractivity contribution in [3.63, 3.8) is 0 Å². The van der Waals surface area contributed by atoms with Crippen molar-refractivity contribution in [1.29, 1.82) is 0 Å².